The monoisotopic (exact) mass is 324 g/mol. The van der Waals surface area contributed by atoms with Crippen molar-refractivity contribution in [2.75, 3.05) is 52.5 Å². The van der Waals surface area contributed by atoms with Gasteiger partial charge >= 0.3 is 0 Å². The van der Waals surface area contributed by atoms with Crippen molar-refractivity contribution in [1.29, 1.82) is 0 Å². The van der Waals surface area contributed by atoms with Gasteiger partial charge in [-0.25, -0.2) is 0 Å². The maximum absolute atomic E-state index is 6.10. The van der Waals surface area contributed by atoms with Crippen LogP contribution < -0.4 is 11.1 Å². The van der Waals surface area contributed by atoms with Gasteiger partial charge in [-0.15, -0.1) is 0 Å². The predicted octanol–water partition coefficient (Wildman–Crippen LogP) is 1.07. The zero-order valence-electron chi connectivity index (χ0n) is 14.6. The highest BCUT2D eigenvalue weighted by Gasteiger charge is 2.16. The van der Waals surface area contributed by atoms with E-state index in [1.165, 1.54) is 5.70 Å². The minimum absolute atomic E-state index is 0.190. The zero-order chi connectivity index (χ0) is 16.5. The quantitative estimate of drug-likeness (QED) is 0.661. The summed E-state index contributed by atoms with van der Waals surface area (Å²) in [5.41, 5.74) is 7.27. The number of hydrogen-bond acceptors (Lipinski definition) is 6. The molecule has 1 saturated heterocycles. The summed E-state index contributed by atoms with van der Waals surface area (Å²) in [6.07, 6.45) is 6.21. The van der Waals surface area contributed by atoms with E-state index >= 15 is 0 Å². The van der Waals surface area contributed by atoms with Crippen LogP contribution in [0.5, 0.6) is 0 Å². The van der Waals surface area contributed by atoms with E-state index in [1.54, 1.807) is 0 Å². The van der Waals surface area contributed by atoms with Gasteiger partial charge in [-0.05, 0) is 18.9 Å². The molecule has 0 spiro atoms. The third-order valence-electron chi connectivity index (χ3n) is 4.06. The number of hydrogen-bond donors (Lipinski definition) is 2. The molecule has 3 N–H and O–H groups in total. The lowest BCUT2D eigenvalue weighted by Gasteiger charge is -2.31. The summed E-state index contributed by atoms with van der Waals surface area (Å²) in [6.45, 7) is 11.7. The van der Waals surface area contributed by atoms with E-state index in [2.05, 4.69) is 41.1 Å². The molecule has 0 aromatic heterocycles. The molecule has 1 unspecified atom stereocenters. The van der Waals surface area contributed by atoms with Crippen molar-refractivity contribution in [2.24, 2.45) is 5.73 Å². The molecular formula is C17H32N4O2. The maximum Gasteiger partial charge on any atom is 0.190 e. The average molecular weight is 324 g/mol. The molecule has 132 valence electrons. The standard InChI is InChI=1S/C17H32N4O2/c1-3-5-21(6-4-2)15-13-16(18)19-17(14-15)23-12-9-20-7-10-22-11-8-20/h13-14,16,19H,3-12,18H2,1-2H3. The van der Waals surface area contributed by atoms with E-state index in [0.717, 1.165) is 64.7 Å². The Labute approximate surface area is 140 Å². The Balaban J connectivity index is 1.86. The first kappa shape index (κ1) is 18.1. The van der Waals surface area contributed by atoms with Crippen LogP contribution in [0.15, 0.2) is 23.7 Å². The summed E-state index contributed by atoms with van der Waals surface area (Å²) >= 11 is 0. The highest BCUT2D eigenvalue weighted by Crippen LogP contribution is 2.15. The fraction of sp³-hybridized carbons (Fsp3) is 0.765. The number of ether oxygens (including phenoxy) is 2. The van der Waals surface area contributed by atoms with Crippen molar-refractivity contribution < 1.29 is 9.47 Å². The molecule has 2 heterocycles. The highest BCUT2D eigenvalue weighted by atomic mass is 16.5. The Morgan fingerprint density at radius 3 is 2.65 bits per heavy atom. The lowest BCUT2D eigenvalue weighted by molar-refractivity contribution is 0.0261. The topological polar surface area (TPSA) is 63.0 Å². The third kappa shape index (κ3) is 6.05. The van der Waals surface area contributed by atoms with Gasteiger partial charge in [0, 0.05) is 44.5 Å². The Kier molecular flexibility index (Phi) is 7.71. The number of allylic oxidation sites excluding steroid dienone is 1. The van der Waals surface area contributed by atoms with Crippen LogP contribution in [-0.2, 0) is 9.47 Å². The van der Waals surface area contributed by atoms with Gasteiger partial charge in [0.15, 0.2) is 5.88 Å². The molecule has 0 aromatic carbocycles. The fourth-order valence-electron chi connectivity index (χ4n) is 2.91. The number of morpholine rings is 1. The summed E-state index contributed by atoms with van der Waals surface area (Å²) in [5, 5.41) is 3.19. The molecule has 2 aliphatic heterocycles. The first-order valence-corrected chi connectivity index (χ1v) is 8.86. The summed E-state index contributed by atoms with van der Waals surface area (Å²) in [6, 6.07) is 0. The number of dihydropyridines is 1. The lowest BCUT2D eigenvalue weighted by Crippen LogP contribution is -2.42. The SMILES string of the molecule is CCCN(CCC)C1=CC(N)NC(OCCN2CCOCC2)=C1. The Bertz CT molecular complexity index is 399. The molecule has 0 radical (unpaired) electrons. The molecule has 0 aliphatic carbocycles. The van der Waals surface area contributed by atoms with Crippen LogP contribution in [0.2, 0.25) is 0 Å². The second-order valence-electron chi connectivity index (χ2n) is 6.06. The van der Waals surface area contributed by atoms with Gasteiger partial charge in [0.25, 0.3) is 0 Å². The minimum atomic E-state index is -0.190. The van der Waals surface area contributed by atoms with E-state index in [4.69, 9.17) is 15.2 Å². The van der Waals surface area contributed by atoms with E-state index in [0.29, 0.717) is 6.61 Å². The first-order valence-electron chi connectivity index (χ1n) is 8.86. The molecule has 6 nitrogen and oxygen atoms in total. The number of nitrogens with two attached hydrogens (primary N) is 1. The van der Waals surface area contributed by atoms with Crippen molar-refractivity contribution in [3.05, 3.63) is 23.7 Å². The van der Waals surface area contributed by atoms with E-state index in [1.807, 2.05) is 0 Å². The second-order valence-corrected chi connectivity index (χ2v) is 6.06. The molecule has 2 rings (SSSR count). The van der Waals surface area contributed by atoms with Crippen LogP contribution in [-0.4, -0.2) is 68.5 Å². The summed E-state index contributed by atoms with van der Waals surface area (Å²) < 4.78 is 11.3. The number of nitrogens with one attached hydrogen (secondary N) is 1. The summed E-state index contributed by atoms with van der Waals surface area (Å²) in [4.78, 5) is 4.75. The fourth-order valence-corrected chi connectivity index (χ4v) is 2.91. The molecule has 23 heavy (non-hydrogen) atoms. The van der Waals surface area contributed by atoms with Crippen molar-refractivity contribution in [3.63, 3.8) is 0 Å². The molecule has 0 bridgehead atoms. The third-order valence-corrected chi connectivity index (χ3v) is 4.06. The Hall–Kier alpha value is -1.24. The van der Waals surface area contributed by atoms with Crippen molar-refractivity contribution >= 4 is 0 Å². The number of nitrogens with zero attached hydrogens (tertiary/aromatic N) is 2. The van der Waals surface area contributed by atoms with Crippen LogP contribution in [0.1, 0.15) is 26.7 Å². The van der Waals surface area contributed by atoms with Crippen LogP contribution in [0.3, 0.4) is 0 Å². The molecule has 0 saturated carbocycles. The molecule has 0 amide bonds. The van der Waals surface area contributed by atoms with E-state index in [-0.39, 0.29) is 6.17 Å². The molecule has 1 fully saturated rings. The van der Waals surface area contributed by atoms with Crippen molar-refractivity contribution in [3.8, 4) is 0 Å². The lowest BCUT2D eigenvalue weighted by atomic mass is 10.2. The van der Waals surface area contributed by atoms with Crippen LogP contribution >= 0.6 is 0 Å². The first-order chi connectivity index (χ1) is 11.2. The van der Waals surface area contributed by atoms with E-state index < -0.39 is 0 Å². The highest BCUT2D eigenvalue weighted by molar-refractivity contribution is 5.26. The minimum Gasteiger partial charge on any atom is -0.478 e. The Morgan fingerprint density at radius 2 is 2.00 bits per heavy atom. The van der Waals surface area contributed by atoms with Gasteiger partial charge in [0.1, 0.15) is 6.61 Å². The second kappa shape index (κ2) is 9.80. The van der Waals surface area contributed by atoms with Gasteiger partial charge in [0.2, 0.25) is 0 Å². The van der Waals surface area contributed by atoms with Crippen molar-refractivity contribution in [2.45, 2.75) is 32.9 Å². The predicted molar refractivity (Wildman–Crippen MR) is 92.6 cm³/mol. The van der Waals surface area contributed by atoms with Gasteiger partial charge < -0.3 is 25.4 Å². The average Bonchev–Trinajstić information content (AvgIpc) is 2.55. The summed E-state index contributed by atoms with van der Waals surface area (Å²) in [7, 11) is 0. The molecule has 6 heteroatoms. The van der Waals surface area contributed by atoms with Crippen LogP contribution in [0.4, 0.5) is 0 Å². The largest absolute Gasteiger partial charge is 0.478 e. The van der Waals surface area contributed by atoms with Gasteiger partial charge in [0.05, 0.1) is 19.4 Å². The molecular weight excluding hydrogens is 292 g/mol. The van der Waals surface area contributed by atoms with Crippen LogP contribution in [0.25, 0.3) is 0 Å². The van der Waals surface area contributed by atoms with Gasteiger partial charge in [-0.3, -0.25) is 4.90 Å². The summed E-state index contributed by atoms with van der Waals surface area (Å²) in [5.74, 6) is 0.778. The zero-order valence-corrected chi connectivity index (χ0v) is 14.6. The maximum atomic E-state index is 6.10. The molecule has 1 atom stereocenters. The van der Waals surface area contributed by atoms with Crippen molar-refractivity contribution in [1.82, 2.24) is 15.1 Å². The molecule has 2 aliphatic rings. The molecule has 0 aromatic rings. The van der Waals surface area contributed by atoms with E-state index in [9.17, 15) is 0 Å². The number of rotatable bonds is 9. The Morgan fingerprint density at radius 1 is 1.30 bits per heavy atom. The van der Waals surface area contributed by atoms with Crippen LogP contribution in [0, 0.1) is 0 Å². The van der Waals surface area contributed by atoms with Gasteiger partial charge in [-0.1, -0.05) is 13.8 Å². The van der Waals surface area contributed by atoms with Gasteiger partial charge in [-0.2, -0.15) is 0 Å². The smallest absolute Gasteiger partial charge is 0.190 e. The normalized spacial score (nSPS) is 22.1.